The molecule has 2 saturated carbocycles. The summed E-state index contributed by atoms with van der Waals surface area (Å²) in [6.07, 6.45) is 13.4. The summed E-state index contributed by atoms with van der Waals surface area (Å²) in [6.45, 7) is 0.889. The second-order valence-electron chi connectivity index (χ2n) is 9.47. The average Bonchev–Trinajstić information content (AvgIpc) is 3.38. The highest BCUT2D eigenvalue weighted by Gasteiger charge is 2.36. The highest BCUT2D eigenvalue weighted by molar-refractivity contribution is 6.01. The lowest BCUT2D eigenvalue weighted by atomic mass is 9.72. The van der Waals surface area contributed by atoms with Crippen LogP contribution >= 0.6 is 0 Å². The van der Waals surface area contributed by atoms with Crippen LogP contribution in [-0.2, 0) is 16.0 Å². The molecule has 4 aliphatic rings. The van der Waals surface area contributed by atoms with Crippen molar-refractivity contribution in [1.82, 2.24) is 5.32 Å². The van der Waals surface area contributed by atoms with Gasteiger partial charge in [0.15, 0.2) is 0 Å². The maximum atomic E-state index is 12.3. The highest BCUT2D eigenvalue weighted by Crippen LogP contribution is 2.45. The molecule has 1 saturated heterocycles. The van der Waals surface area contributed by atoms with Gasteiger partial charge in [0.2, 0.25) is 11.8 Å². The van der Waals surface area contributed by atoms with E-state index in [2.05, 4.69) is 28.4 Å². The Morgan fingerprint density at radius 2 is 1.71 bits per heavy atom. The van der Waals surface area contributed by atoms with Crippen molar-refractivity contribution in [3.63, 3.8) is 0 Å². The fraction of sp³-hybridized carbons (Fsp3) is 0.667. The van der Waals surface area contributed by atoms with Crippen LogP contribution in [0, 0.1) is 11.8 Å². The van der Waals surface area contributed by atoms with Crippen LogP contribution in [0.25, 0.3) is 0 Å². The lowest BCUT2D eigenvalue weighted by Gasteiger charge is -2.34. The van der Waals surface area contributed by atoms with Gasteiger partial charge in [-0.25, -0.2) is 0 Å². The van der Waals surface area contributed by atoms with Gasteiger partial charge in [-0.1, -0.05) is 50.7 Å². The zero-order valence-electron chi connectivity index (χ0n) is 16.8. The smallest absolute Gasteiger partial charge is 0.249 e. The number of rotatable bonds is 3. The molecule has 3 fully saturated rings. The number of nitrogens with one attached hydrogen (secondary N) is 1. The molecule has 0 radical (unpaired) electrons. The number of amides is 2. The number of anilines is 1. The Morgan fingerprint density at radius 3 is 2.54 bits per heavy atom. The molecule has 2 aliphatic heterocycles. The monoisotopic (exact) mass is 380 g/mol. The number of hydrogen-bond donors (Lipinski definition) is 1. The highest BCUT2D eigenvalue weighted by atomic mass is 16.2. The van der Waals surface area contributed by atoms with Gasteiger partial charge in [-0.05, 0) is 60.6 Å². The Morgan fingerprint density at radius 1 is 0.893 bits per heavy atom. The molecule has 150 valence electrons. The van der Waals surface area contributed by atoms with Gasteiger partial charge in [0.05, 0.1) is 0 Å². The first kappa shape index (κ1) is 18.2. The van der Waals surface area contributed by atoms with E-state index in [1.807, 2.05) is 0 Å². The number of benzene rings is 1. The molecule has 3 unspecified atom stereocenters. The number of piperidine rings is 1. The number of fused-ring (bicyclic) bond motifs is 1. The molecular weight excluding hydrogens is 348 g/mol. The molecule has 2 amide bonds. The van der Waals surface area contributed by atoms with E-state index >= 15 is 0 Å². The fourth-order valence-corrected chi connectivity index (χ4v) is 6.39. The molecule has 3 atom stereocenters. The standard InChI is InChI=1S/C24H32N2O2/c27-23-11-10-22(24(28)25-23)26-13-12-20-15-19(8-9-21(20)26)18-7-3-6-17(14-18)16-4-1-2-5-16/h8-9,15-18,22H,1-7,10-14H2,(H,25,27,28). The molecule has 28 heavy (non-hydrogen) atoms. The molecule has 1 N–H and O–H groups in total. The minimum absolute atomic E-state index is 0.125. The van der Waals surface area contributed by atoms with Gasteiger partial charge in [-0.15, -0.1) is 0 Å². The number of carbonyl (C=O) groups excluding carboxylic acids is 2. The molecule has 4 heteroatoms. The summed E-state index contributed by atoms with van der Waals surface area (Å²) >= 11 is 0. The van der Waals surface area contributed by atoms with E-state index in [4.69, 9.17) is 0 Å². The lowest BCUT2D eigenvalue weighted by Crippen LogP contribution is -2.52. The quantitative estimate of drug-likeness (QED) is 0.795. The molecular formula is C24H32N2O2. The Kier molecular flexibility index (Phi) is 4.90. The van der Waals surface area contributed by atoms with Crippen molar-refractivity contribution in [3.05, 3.63) is 29.3 Å². The first-order chi connectivity index (χ1) is 13.7. The second kappa shape index (κ2) is 7.53. The number of carbonyl (C=O) groups is 2. The van der Waals surface area contributed by atoms with Gasteiger partial charge >= 0.3 is 0 Å². The molecule has 1 aromatic rings. The molecule has 2 aliphatic carbocycles. The minimum Gasteiger partial charge on any atom is -0.359 e. The van der Waals surface area contributed by atoms with Crippen molar-refractivity contribution in [1.29, 1.82) is 0 Å². The van der Waals surface area contributed by atoms with Crippen LogP contribution < -0.4 is 10.2 Å². The predicted molar refractivity (Wildman–Crippen MR) is 110 cm³/mol. The summed E-state index contributed by atoms with van der Waals surface area (Å²) < 4.78 is 0. The van der Waals surface area contributed by atoms with E-state index in [-0.39, 0.29) is 17.9 Å². The van der Waals surface area contributed by atoms with Crippen LogP contribution in [0.3, 0.4) is 0 Å². The van der Waals surface area contributed by atoms with Gasteiger partial charge in [0.25, 0.3) is 0 Å². The lowest BCUT2D eigenvalue weighted by molar-refractivity contribution is -0.134. The molecule has 2 heterocycles. The van der Waals surface area contributed by atoms with Crippen molar-refractivity contribution < 1.29 is 9.59 Å². The zero-order valence-corrected chi connectivity index (χ0v) is 16.8. The molecule has 0 bridgehead atoms. The van der Waals surface area contributed by atoms with Gasteiger partial charge in [0, 0.05) is 18.7 Å². The Labute approximate surface area is 168 Å². The SMILES string of the molecule is O=C1CCC(N2CCc3cc(C4CCCC(C5CCCC5)C4)ccc32)C(=O)N1. The summed E-state index contributed by atoms with van der Waals surface area (Å²) in [5.74, 6) is 2.38. The van der Waals surface area contributed by atoms with Crippen LogP contribution in [0.5, 0.6) is 0 Å². The first-order valence-electron chi connectivity index (χ1n) is 11.4. The van der Waals surface area contributed by atoms with Crippen LogP contribution in [0.2, 0.25) is 0 Å². The van der Waals surface area contributed by atoms with Gasteiger partial charge < -0.3 is 4.90 Å². The van der Waals surface area contributed by atoms with E-state index in [1.54, 1.807) is 0 Å². The maximum absolute atomic E-state index is 12.3. The van der Waals surface area contributed by atoms with Gasteiger partial charge in [-0.3, -0.25) is 14.9 Å². The van der Waals surface area contributed by atoms with Crippen molar-refractivity contribution in [2.45, 2.75) is 82.6 Å². The normalized spacial score (nSPS) is 31.1. The maximum Gasteiger partial charge on any atom is 0.249 e. The van der Waals surface area contributed by atoms with E-state index in [0.29, 0.717) is 18.8 Å². The van der Waals surface area contributed by atoms with E-state index in [9.17, 15) is 9.59 Å². The van der Waals surface area contributed by atoms with E-state index < -0.39 is 0 Å². The predicted octanol–water partition coefficient (Wildman–Crippen LogP) is 4.32. The molecule has 5 rings (SSSR count). The Hall–Kier alpha value is -1.84. The summed E-state index contributed by atoms with van der Waals surface area (Å²) in [5, 5.41) is 2.51. The third-order valence-electron chi connectivity index (χ3n) is 7.87. The molecule has 0 aromatic heterocycles. The van der Waals surface area contributed by atoms with Crippen LogP contribution in [-0.4, -0.2) is 24.4 Å². The first-order valence-corrected chi connectivity index (χ1v) is 11.4. The topological polar surface area (TPSA) is 49.4 Å². The summed E-state index contributed by atoms with van der Waals surface area (Å²) in [6, 6.07) is 6.82. The van der Waals surface area contributed by atoms with Crippen molar-refractivity contribution in [2.24, 2.45) is 11.8 Å². The van der Waals surface area contributed by atoms with Crippen molar-refractivity contribution >= 4 is 17.5 Å². The molecule has 1 aromatic carbocycles. The van der Waals surface area contributed by atoms with Crippen molar-refractivity contribution in [2.75, 3.05) is 11.4 Å². The molecule has 4 nitrogen and oxygen atoms in total. The van der Waals surface area contributed by atoms with Crippen LogP contribution in [0.1, 0.15) is 81.3 Å². The molecule has 0 spiro atoms. The van der Waals surface area contributed by atoms with Gasteiger partial charge in [0.1, 0.15) is 6.04 Å². The largest absolute Gasteiger partial charge is 0.359 e. The zero-order chi connectivity index (χ0) is 19.1. The van der Waals surface area contributed by atoms with Crippen LogP contribution in [0.15, 0.2) is 18.2 Å². The van der Waals surface area contributed by atoms with Gasteiger partial charge in [-0.2, -0.15) is 0 Å². The minimum atomic E-state index is -0.189. The Bertz CT molecular complexity index is 768. The summed E-state index contributed by atoms with van der Waals surface area (Å²) in [5.41, 5.74) is 4.12. The van der Waals surface area contributed by atoms with E-state index in [0.717, 1.165) is 24.8 Å². The van der Waals surface area contributed by atoms with Crippen LogP contribution in [0.4, 0.5) is 5.69 Å². The van der Waals surface area contributed by atoms with E-state index in [1.165, 1.54) is 68.2 Å². The Balaban J connectivity index is 1.31. The third kappa shape index (κ3) is 3.35. The second-order valence-corrected chi connectivity index (χ2v) is 9.47. The average molecular weight is 381 g/mol. The summed E-state index contributed by atoms with van der Waals surface area (Å²) in [4.78, 5) is 26.0. The fourth-order valence-electron chi connectivity index (χ4n) is 6.39. The number of hydrogen-bond acceptors (Lipinski definition) is 3. The number of imide groups is 1. The third-order valence-corrected chi connectivity index (χ3v) is 7.87. The van der Waals surface area contributed by atoms with Crippen molar-refractivity contribution in [3.8, 4) is 0 Å². The summed E-state index contributed by atoms with van der Waals surface area (Å²) in [7, 11) is 0. The number of nitrogens with zero attached hydrogens (tertiary/aromatic N) is 1.